The highest BCUT2D eigenvalue weighted by molar-refractivity contribution is 7.98. The van der Waals surface area contributed by atoms with Gasteiger partial charge in [0, 0.05) is 0 Å². The number of carboxylic acid groups (broad SMARTS) is 1. The van der Waals surface area contributed by atoms with E-state index < -0.39 is 5.97 Å². The maximum absolute atomic E-state index is 11.5. The van der Waals surface area contributed by atoms with Crippen molar-refractivity contribution in [3.05, 3.63) is 0 Å². The molecule has 0 amide bonds. The van der Waals surface area contributed by atoms with Crippen LogP contribution in [0.5, 0.6) is 0 Å². The fourth-order valence-corrected chi connectivity index (χ4v) is 3.66. The molecular formula is C20H41NO2S. The first-order valence-electron chi connectivity index (χ1n) is 10.1. The van der Waals surface area contributed by atoms with Crippen molar-refractivity contribution in [2.45, 2.75) is 96.9 Å². The second kappa shape index (κ2) is 17.6. The van der Waals surface area contributed by atoms with E-state index in [1.165, 1.54) is 64.2 Å². The summed E-state index contributed by atoms with van der Waals surface area (Å²) in [5, 5.41) is 9.43. The Bertz CT molecular complexity index is 287. The van der Waals surface area contributed by atoms with Gasteiger partial charge in [0.25, 0.3) is 0 Å². The smallest absolute Gasteiger partial charge is 0.320 e. The maximum Gasteiger partial charge on any atom is 0.320 e. The van der Waals surface area contributed by atoms with Gasteiger partial charge in [-0.15, -0.1) is 0 Å². The summed E-state index contributed by atoms with van der Waals surface area (Å²) in [5.41, 5.74) is 0. The van der Waals surface area contributed by atoms with E-state index in [0.717, 1.165) is 31.7 Å². The summed E-state index contributed by atoms with van der Waals surface area (Å²) >= 11 is 1.73. The van der Waals surface area contributed by atoms with Crippen LogP contribution in [-0.2, 0) is 4.79 Å². The first kappa shape index (κ1) is 23.8. The molecule has 0 heterocycles. The van der Waals surface area contributed by atoms with E-state index >= 15 is 0 Å². The number of likely N-dealkylation sites (N-methyl/N-ethyl adjacent to an activating group) is 1. The molecule has 1 N–H and O–H groups in total. The molecular weight excluding hydrogens is 318 g/mol. The maximum atomic E-state index is 11.5. The van der Waals surface area contributed by atoms with Crippen molar-refractivity contribution in [3.63, 3.8) is 0 Å². The first-order valence-corrected chi connectivity index (χ1v) is 11.5. The lowest BCUT2D eigenvalue weighted by Crippen LogP contribution is -2.42. The van der Waals surface area contributed by atoms with Crippen molar-refractivity contribution >= 4 is 17.7 Å². The Hall–Kier alpha value is -0.220. The van der Waals surface area contributed by atoms with Crippen molar-refractivity contribution in [2.24, 2.45) is 0 Å². The average molecular weight is 360 g/mol. The second-order valence-electron chi connectivity index (χ2n) is 6.80. The Morgan fingerprint density at radius 3 is 1.83 bits per heavy atom. The van der Waals surface area contributed by atoms with E-state index in [1.54, 1.807) is 11.8 Å². The molecule has 24 heavy (non-hydrogen) atoms. The van der Waals surface area contributed by atoms with E-state index in [0.29, 0.717) is 0 Å². The minimum absolute atomic E-state index is 0.300. The van der Waals surface area contributed by atoms with Crippen LogP contribution in [0.15, 0.2) is 0 Å². The monoisotopic (exact) mass is 359 g/mol. The van der Waals surface area contributed by atoms with E-state index in [-0.39, 0.29) is 6.04 Å². The number of thioether (sulfide) groups is 1. The lowest BCUT2D eigenvalue weighted by atomic mass is 10.1. The molecule has 0 aliphatic rings. The van der Waals surface area contributed by atoms with Crippen LogP contribution in [0.25, 0.3) is 0 Å². The van der Waals surface area contributed by atoms with Gasteiger partial charge >= 0.3 is 5.97 Å². The van der Waals surface area contributed by atoms with Gasteiger partial charge < -0.3 is 5.11 Å². The molecule has 144 valence electrons. The zero-order valence-corrected chi connectivity index (χ0v) is 17.2. The molecule has 0 aromatic heterocycles. The van der Waals surface area contributed by atoms with Gasteiger partial charge in [-0.25, -0.2) is 0 Å². The van der Waals surface area contributed by atoms with Crippen molar-refractivity contribution in [3.8, 4) is 0 Å². The quantitative estimate of drug-likeness (QED) is 0.313. The fourth-order valence-electron chi connectivity index (χ4n) is 3.21. The number of unbranched alkanes of at least 4 members (excludes halogenated alkanes) is 10. The lowest BCUT2D eigenvalue weighted by Gasteiger charge is -2.27. The zero-order valence-electron chi connectivity index (χ0n) is 16.4. The van der Waals surface area contributed by atoms with Crippen molar-refractivity contribution in [1.82, 2.24) is 4.90 Å². The molecule has 0 unspecified atom stereocenters. The SMILES string of the molecule is CCCCCCCCCCCCCN(CC)[C@@H](CCSC)C(=O)O. The zero-order chi connectivity index (χ0) is 18.0. The van der Waals surface area contributed by atoms with Crippen LogP contribution in [0, 0.1) is 0 Å². The molecule has 0 aromatic carbocycles. The number of carboxylic acids is 1. The lowest BCUT2D eigenvalue weighted by molar-refractivity contribution is -0.143. The first-order chi connectivity index (χ1) is 11.7. The second-order valence-corrected chi connectivity index (χ2v) is 7.79. The predicted octanol–water partition coefficient (Wildman–Crippen LogP) is 5.83. The largest absolute Gasteiger partial charge is 0.480 e. The topological polar surface area (TPSA) is 40.5 Å². The predicted molar refractivity (Wildman–Crippen MR) is 108 cm³/mol. The Balaban J connectivity index is 3.66. The molecule has 0 spiro atoms. The van der Waals surface area contributed by atoms with Crippen molar-refractivity contribution in [2.75, 3.05) is 25.1 Å². The molecule has 3 nitrogen and oxygen atoms in total. The molecule has 0 fully saturated rings. The van der Waals surface area contributed by atoms with E-state index in [4.69, 9.17) is 0 Å². The number of rotatable bonds is 18. The van der Waals surface area contributed by atoms with Crippen molar-refractivity contribution < 1.29 is 9.90 Å². The summed E-state index contributed by atoms with van der Waals surface area (Å²) in [6, 6.07) is -0.300. The summed E-state index contributed by atoms with van der Waals surface area (Å²) in [7, 11) is 0. The van der Waals surface area contributed by atoms with Gasteiger partial charge in [-0.05, 0) is 37.9 Å². The highest BCUT2D eigenvalue weighted by atomic mass is 32.2. The Morgan fingerprint density at radius 2 is 1.42 bits per heavy atom. The van der Waals surface area contributed by atoms with Crippen LogP contribution in [0.3, 0.4) is 0 Å². The summed E-state index contributed by atoms with van der Waals surface area (Å²) in [6.07, 6.45) is 17.5. The number of nitrogens with zero attached hydrogens (tertiary/aromatic N) is 1. The number of aliphatic carboxylic acids is 1. The molecule has 0 saturated carbocycles. The Kier molecular flexibility index (Phi) is 17.4. The molecule has 0 saturated heterocycles. The standard InChI is InChI=1S/C20H41NO2S/c1-4-6-7-8-9-10-11-12-13-14-15-17-21(5-2)19(20(22)23)16-18-24-3/h19H,4-18H2,1-3H3,(H,22,23)/t19-/m0/s1. The van der Waals surface area contributed by atoms with Crippen LogP contribution < -0.4 is 0 Å². The molecule has 0 aliphatic carbocycles. The minimum atomic E-state index is -0.658. The van der Waals surface area contributed by atoms with Crippen LogP contribution in [0.2, 0.25) is 0 Å². The molecule has 0 aliphatic heterocycles. The van der Waals surface area contributed by atoms with Crippen LogP contribution >= 0.6 is 11.8 Å². The number of hydrogen-bond acceptors (Lipinski definition) is 3. The van der Waals surface area contributed by atoms with Crippen LogP contribution in [-0.4, -0.2) is 47.1 Å². The average Bonchev–Trinajstić information content (AvgIpc) is 2.57. The summed E-state index contributed by atoms with van der Waals surface area (Å²) in [6.45, 7) is 6.11. The van der Waals surface area contributed by atoms with Gasteiger partial charge in [-0.3, -0.25) is 9.69 Å². The van der Waals surface area contributed by atoms with E-state index in [9.17, 15) is 9.90 Å². The van der Waals surface area contributed by atoms with Gasteiger partial charge in [0.15, 0.2) is 0 Å². The molecule has 0 rings (SSSR count). The number of carbonyl (C=O) groups is 1. The molecule has 1 atom stereocenters. The minimum Gasteiger partial charge on any atom is -0.480 e. The Morgan fingerprint density at radius 1 is 0.917 bits per heavy atom. The Labute approximate surface area is 155 Å². The third-order valence-electron chi connectivity index (χ3n) is 4.78. The normalized spacial score (nSPS) is 12.7. The van der Waals surface area contributed by atoms with E-state index in [1.807, 2.05) is 6.26 Å². The highest BCUT2D eigenvalue weighted by Gasteiger charge is 2.23. The van der Waals surface area contributed by atoms with Crippen LogP contribution in [0.1, 0.15) is 90.9 Å². The number of hydrogen-bond donors (Lipinski definition) is 1. The van der Waals surface area contributed by atoms with Gasteiger partial charge in [0.1, 0.15) is 6.04 Å². The fraction of sp³-hybridized carbons (Fsp3) is 0.950. The van der Waals surface area contributed by atoms with Crippen LogP contribution in [0.4, 0.5) is 0 Å². The van der Waals surface area contributed by atoms with Gasteiger partial charge in [0.2, 0.25) is 0 Å². The molecule has 0 radical (unpaired) electrons. The summed E-state index contributed by atoms with van der Waals surface area (Å²) < 4.78 is 0. The van der Waals surface area contributed by atoms with Gasteiger partial charge in [0.05, 0.1) is 0 Å². The molecule has 0 aromatic rings. The molecule has 0 bridgehead atoms. The third kappa shape index (κ3) is 13.1. The van der Waals surface area contributed by atoms with Gasteiger partial charge in [-0.1, -0.05) is 78.1 Å². The van der Waals surface area contributed by atoms with Gasteiger partial charge in [-0.2, -0.15) is 11.8 Å². The summed E-state index contributed by atoms with van der Waals surface area (Å²) in [4.78, 5) is 13.6. The third-order valence-corrected chi connectivity index (χ3v) is 5.42. The summed E-state index contributed by atoms with van der Waals surface area (Å²) in [5.74, 6) is 0.264. The van der Waals surface area contributed by atoms with E-state index in [2.05, 4.69) is 18.7 Å². The van der Waals surface area contributed by atoms with Crippen molar-refractivity contribution in [1.29, 1.82) is 0 Å². The molecule has 4 heteroatoms. The highest BCUT2D eigenvalue weighted by Crippen LogP contribution is 2.13.